The Morgan fingerprint density at radius 3 is 2.58 bits per heavy atom. The summed E-state index contributed by atoms with van der Waals surface area (Å²) in [5.41, 5.74) is 0. The first-order valence-corrected chi connectivity index (χ1v) is 7.25. The van der Waals surface area contributed by atoms with Crippen LogP contribution >= 0.6 is 35.1 Å². The molecule has 1 fully saturated rings. The predicted octanol–water partition coefficient (Wildman–Crippen LogP) is 3.98. The molecular formula is C9H17ClS2. The fraction of sp³-hybridized carbons (Fsp3) is 1.00. The van der Waals surface area contributed by atoms with Crippen LogP contribution in [0, 0.1) is 0 Å². The Balaban J connectivity index is 2.05. The van der Waals surface area contributed by atoms with Gasteiger partial charge in [-0.2, -0.15) is 0 Å². The van der Waals surface area contributed by atoms with Crippen LogP contribution < -0.4 is 0 Å². The lowest BCUT2D eigenvalue weighted by atomic mass is 10.2. The minimum absolute atomic E-state index is 0.411. The second-order valence-electron chi connectivity index (χ2n) is 3.12. The average Bonchev–Trinajstić information content (AvgIpc) is 2.56. The zero-order valence-electron chi connectivity index (χ0n) is 7.59. The molecule has 0 amide bonds. The molecular weight excluding hydrogens is 208 g/mol. The van der Waals surface area contributed by atoms with E-state index in [1.807, 2.05) is 23.5 Å². The number of alkyl halides is 1. The van der Waals surface area contributed by atoms with E-state index >= 15 is 0 Å². The Morgan fingerprint density at radius 1 is 1.33 bits per heavy atom. The maximum absolute atomic E-state index is 6.28. The summed E-state index contributed by atoms with van der Waals surface area (Å²) in [5.74, 6) is 2.60. The highest BCUT2D eigenvalue weighted by atomic mass is 35.5. The lowest BCUT2D eigenvalue weighted by molar-refractivity contribution is 0.658. The molecule has 0 spiro atoms. The maximum Gasteiger partial charge on any atom is 0.0666 e. The Morgan fingerprint density at radius 2 is 2.00 bits per heavy atom. The molecule has 1 aliphatic heterocycles. The van der Waals surface area contributed by atoms with Crippen molar-refractivity contribution in [3.63, 3.8) is 0 Å². The third kappa shape index (κ3) is 3.80. The number of thioether (sulfide) groups is 2. The molecule has 1 rings (SSSR count). The average molecular weight is 225 g/mol. The van der Waals surface area contributed by atoms with Crippen LogP contribution in [0.5, 0.6) is 0 Å². The monoisotopic (exact) mass is 224 g/mol. The van der Waals surface area contributed by atoms with Crippen LogP contribution in [0.1, 0.15) is 32.6 Å². The van der Waals surface area contributed by atoms with E-state index in [1.54, 1.807) is 0 Å². The first-order chi connectivity index (χ1) is 5.84. The van der Waals surface area contributed by atoms with Crippen molar-refractivity contribution in [3.8, 4) is 0 Å². The molecule has 0 saturated carbocycles. The van der Waals surface area contributed by atoms with Gasteiger partial charge in [-0.25, -0.2) is 0 Å². The fourth-order valence-electron chi connectivity index (χ4n) is 1.31. The van der Waals surface area contributed by atoms with Crippen LogP contribution in [0.2, 0.25) is 0 Å². The summed E-state index contributed by atoms with van der Waals surface area (Å²) in [6.45, 7) is 2.24. The first kappa shape index (κ1) is 11.1. The maximum atomic E-state index is 6.28. The predicted molar refractivity (Wildman–Crippen MR) is 62.5 cm³/mol. The summed E-state index contributed by atoms with van der Waals surface area (Å²) >= 11 is 10.4. The SMILES string of the molecule is CCCCCC(Cl)C1SCCS1. The van der Waals surface area contributed by atoms with Gasteiger partial charge in [0.1, 0.15) is 0 Å². The van der Waals surface area contributed by atoms with Gasteiger partial charge in [0.15, 0.2) is 0 Å². The van der Waals surface area contributed by atoms with Crippen molar-refractivity contribution in [2.75, 3.05) is 11.5 Å². The van der Waals surface area contributed by atoms with E-state index in [-0.39, 0.29) is 0 Å². The van der Waals surface area contributed by atoms with E-state index in [4.69, 9.17) is 11.6 Å². The molecule has 1 heterocycles. The summed E-state index contributed by atoms with van der Waals surface area (Å²) in [6.07, 6.45) is 5.15. The van der Waals surface area contributed by atoms with Gasteiger partial charge in [-0.3, -0.25) is 0 Å². The number of hydrogen-bond donors (Lipinski definition) is 0. The molecule has 0 nitrogen and oxygen atoms in total. The number of hydrogen-bond acceptors (Lipinski definition) is 2. The topological polar surface area (TPSA) is 0 Å². The van der Waals surface area contributed by atoms with Crippen LogP contribution in [-0.4, -0.2) is 21.5 Å². The van der Waals surface area contributed by atoms with E-state index in [2.05, 4.69) is 6.92 Å². The van der Waals surface area contributed by atoms with Crippen molar-refractivity contribution in [1.29, 1.82) is 0 Å². The van der Waals surface area contributed by atoms with Crippen molar-refractivity contribution in [3.05, 3.63) is 0 Å². The normalized spacial score (nSPS) is 21.5. The molecule has 1 saturated heterocycles. The lowest BCUT2D eigenvalue weighted by Gasteiger charge is -2.14. The molecule has 0 bridgehead atoms. The molecule has 0 aromatic heterocycles. The van der Waals surface area contributed by atoms with Crippen molar-refractivity contribution in [1.82, 2.24) is 0 Å². The highest BCUT2D eigenvalue weighted by Gasteiger charge is 2.23. The summed E-state index contributed by atoms with van der Waals surface area (Å²) in [6, 6.07) is 0. The highest BCUT2D eigenvalue weighted by molar-refractivity contribution is 8.20. The number of rotatable bonds is 5. The van der Waals surface area contributed by atoms with Crippen LogP contribution in [0.3, 0.4) is 0 Å². The fourth-order valence-corrected chi connectivity index (χ4v) is 4.79. The summed E-state index contributed by atoms with van der Waals surface area (Å²) in [4.78, 5) is 0. The second-order valence-corrected chi connectivity index (χ2v) is 6.48. The van der Waals surface area contributed by atoms with Gasteiger partial charge in [0.25, 0.3) is 0 Å². The minimum Gasteiger partial charge on any atom is -0.145 e. The molecule has 0 aromatic rings. The molecule has 0 aliphatic carbocycles. The van der Waals surface area contributed by atoms with Crippen molar-refractivity contribution in [2.45, 2.75) is 42.6 Å². The standard InChI is InChI=1S/C9H17ClS2/c1-2-3-4-5-8(10)9-11-6-7-12-9/h8-9H,2-7H2,1H3. The van der Waals surface area contributed by atoms with E-state index in [0.29, 0.717) is 9.96 Å². The van der Waals surface area contributed by atoms with Crippen LogP contribution in [-0.2, 0) is 0 Å². The summed E-state index contributed by atoms with van der Waals surface area (Å²) < 4.78 is 0.684. The molecule has 0 N–H and O–H groups in total. The van der Waals surface area contributed by atoms with Gasteiger partial charge < -0.3 is 0 Å². The van der Waals surface area contributed by atoms with Crippen molar-refractivity contribution < 1.29 is 0 Å². The molecule has 12 heavy (non-hydrogen) atoms. The highest BCUT2D eigenvalue weighted by Crippen LogP contribution is 2.38. The second kappa shape index (κ2) is 6.44. The largest absolute Gasteiger partial charge is 0.145 e. The molecule has 1 aliphatic rings. The molecule has 3 heteroatoms. The van der Waals surface area contributed by atoms with Gasteiger partial charge >= 0.3 is 0 Å². The Bertz CT molecular complexity index is 113. The lowest BCUT2D eigenvalue weighted by Crippen LogP contribution is -2.10. The van der Waals surface area contributed by atoms with E-state index < -0.39 is 0 Å². The molecule has 1 unspecified atom stereocenters. The van der Waals surface area contributed by atoms with E-state index in [9.17, 15) is 0 Å². The van der Waals surface area contributed by atoms with E-state index in [1.165, 1.54) is 37.2 Å². The quantitative estimate of drug-likeness (QED) is 0.512. The van der Waals surface area contributed by atoms with E-state index in [0.717, 1.165) is 0 Å². The van der Waals surface area contributed by atoms with Gasteiger partial charge in [-0.15, -0.1) is 35.1 Å². The molecule has 0 radical (unpaired) electrons. The van der Waals surface area contributed by atoms with Gasteiger partial charge in [0, 0.05) is 11.5 Å². The molecule has 0 aromatic carbocycles. The molecule has 72 valence electrons. The third-order valence-corrected chi connectivity index (χ3v) is 6.06. The summed E-state index contributed by atoms with van der Waals surface area (Å²) in [7, 11) is 0. The van der Waals surface area contributed by atoms with Crippen LogP contribution in [0.4, 0.5) is 0 Å². The zero-order valence-corrected chi connectivity index (χ0v) is 9.98. The van der Waals surface area contributed by atoms with Gasteiger partial charge in [-0.05, 0) is 6.42 Å². The van der Waals surface area contributed by atoms with Gasteiger partial charge in [-0.1, -0.05) is 26.2 Å². The number of halogens is 1. The summed E-state index contributed by atoms with van der Waals surface area (Å²) in [5, 5.41) is 0.411. The first-order valence-electron chi connectivity index (χ1n) is 4.72. The smallest absolute Gasteiger partial charge is 0.0666 e. The van der Waals surface area contributed by atoms with Crippen molar-refractivity contribution >= 4 is 35.1 Å². The van der Waals surface area contributed by atoms with Gasteiger partial charge in [0.2, 0.25) is 0 Å². The number of unbranched alkanes of at least 4 members (excludes halogenated alkanes) is 2. The Hall–Kier alpha value is 0.990. The van der Waals surface area contributed by atoms with Crippen LogP contribution in [0.25, 0.3) is 0 Å². The Kier molecular flexibility index (Phi) is 5.94. The van der Waals surface area contributed by atoms with Gasteiger partial charge in [0.05, 0.1) is 9.96 Å². The zero-order chi connectivity index (χ0) is 8.81. The van der Waals surface area contributed by atoms with Crippen LogP contribution in [0.15, 0.2) is 0 Å². The Labute approximate surface area is 89.2 Å². The molecule has 1 atom stereocenters. The van der Waals surface area contributed by atoms with Crippen molar-refractivity contribution in [2.24, 2.45) is 0 Å². The third-order valence-electron chi connectivity index (χ3n) is 2.03. The minimum atomic E-state index is 0.411.